The van der Waals surface area contributed by atoms with E-state index in [4.69, 9.17) is 0 Å². The molecule has 3 aromatic rings. The van der Waals surface area contributed by atoms with Crippen LogP contribution < -0.4 is 4.57 Å². The second kappa shape index (κ2) is 7.44. The van der Waals surface area contributed by atoms with E-state index in [1.807, 2.05) is 0 Å². The van der Waals surface area contributed by atoms with E-state index in [9.17, 15) is 0 Å². The molecule has 0 spiro atoms. The quantitative estimate of drug-likeness (QED) is 0.406. The van der Waals surface area contributed by atoms with E-state index in [1.165, 1.54) is 62.8 Å². The highest BCUT2D eigenvalue weighted by atomic mass is 15.0. The van der Waals surface area contributed by atoms with Gasteiger partial charge in [0.15, 0.2) is 11.9 Å². The van der Waals surface area contributed by atoms with Crippen molar-refractivity contribution < 1.29 is 4.57 Å². The second-order valence-electron chi connectivity index (χ2n) is 8.73. The lowest BCUT2D eigenvalue weighted by Crippen LogP contribution is -2.49. The molecular formula is C28H34N+. The van der Waals surface area contributed by atoms with Gasteiger partial charge in [0.05, 0.1) is 11.0 Å². The molecule has 1 aliphatic heterocycles. The monoisotopic (exact) mass is 384 g/mol. The summed E-state index contributed by atoms with van der Waals surface area (Å²) in [6.45, 7) is 15.9. The summed E-state index contributed by atoms with van der Waals surface area (Å²) in [5, 5.41) is 2.81. The zero-order valence-electron chi connectivity index (χ0n) is 18.7. The summed E-state index contributed by atoms with van der Waals surface area (Å²) in [6, 6.07) is 14.0. The summed E-state index contributed by atoms with van der Waals surface area (Å²) in [4.78, 5) is 0. The minimum atomic E-state index is -0.0116. The molecule has 2 heterocycles. The number of benzene rings is 2. The highest BCUT2D eigenvalue weighted by Gasteiger charge is 2.46. The molecule has 0 saturated carbocycles. The lowest BCUT2D eigenvalue weighted by Gasteiger charge is -2.36. The number of allylic oxidation sites excluding steroid dienone is 1. The predicted molar refractivity (Wildman–Crippen MR) is 125 cm³/mol. The van der Waals surface area contributed by atoms with Crippen molar-refractivity contribution in [2.45, 2.75) is 72.1 Å². The Hall–Kier alpha value is -2.41. The molecule has 0 aliphatic carbocycles. The molecule has 0 radical (unpaired) electrons. The molecule has 1 nitrogen and oxygen atoms in total. The van der Waals surface area contributed by atoms with E-state index < -0.39 is 0 Å². The number of unbranched alkanes of at least 4 members (excludes halogenated alkanes) is 1. The fourth-order valence-electron chi connectivity index (χ4n) is 5.28. The Kier molecular flexibility index (Phi) is 5.11. The zero-order valence-corrected chi connectivity index (χ0v) is 18.7. The maximum absolute atomic E-state index is 4.62. The van der Waals surface area contributed by atoms with Gasteiger partial charge in [-0.3, -0.25) is 0 Å². The average Bonchev–Trinajstić information content (AvgIpc) is 2.74. The van der Waals surface area contributed by atoms with E-state index in [2.05, 4.69) is 88.4 Å². The summed E-state index contributed by atoms with van der Waals surface area (Å²) in [6.07, 6.45) is 8.05. The molecule has 1 aromatic heterocycles. The summed E-state index contributed by atoms with van der Waals surface area (Å²) in [5.41, 5.74) is 9.51. The van der Waals surface area contributed by atoms with Crippen LogP contribution in [-0.4, -0.2) is 0 Å². The van der Waals surface area contributed by atoms with E-state index in [0.717, 1.165) is 19.3 Å². The van der Waals surface area contributed by atoms with Crippen molar-refractivity contribution >= 4 is 16.5 Å². The van der Waals surface area contributed by atoms with Crippen molar-refractivity contribution in [3.8, 4) is 11.3 Å². The predicted octanol–water partition coefficient (Wildman–Crippen LogP) is 7.30. The standard InChI is InChI=1S/C28H34N/c1-7-10-12-22-13-11-14-24-23(22)15-16-25-27(24)26-17-19(4)20(5)18-29(26)21(6)28(25,8-2)9-3/h11,13-18H,6-10,12H2,1-5H3/q+1. The van der Waals surface area contributed by atoms with Crippen LogP contribution in [0.15, 0.2) is 49.2 Å². The molecule has 1 heteroatoms. The maximum atomic E-state index is 4.62. The number of rotatable bonds is 5. The van der Waals surface area contributed by atoms with Gasteiger partial charge in [-0.2, -0.15) is 4.57 Å². The van der Waals surface area contributed by atoms with Gasteiger partial charge in [0.2, 0.25) is 5.69 Å². The molecule has 0 unspecified atom stereocenters. The number of fused-ring (bicyclic) bond motifs is 5. The van der Waals surface area contributed by atoms with Crippen LogP contribution >= 0.6 is 0 Å². The van der Waals surface area contributed by atoms with Crippen molar-refractivity contribution in [2.24, 2.45) is 0 Å². The van der Waals surface area contributed by atoms with Crippen molar-refractivity contribution in [2.75, 3.05) is 0 Å². The second-order valence-corrected chi connectivity index (χ2v) is 8.73. The van der Waals surface area contributed by atoms with Crippen LogP contribution in [0.1, 0.15) is 68.7 Å². The van der Waals surface area contributed by atoms with Crippen LogP contribution in [0, 0.1) is 13.8 Å². The van der Waals surface area contributed by atoms with Crippen molar-refractivity contribution in [1.29, 1.82) is 0 Å². The first kappa shape index (κ1) is 19.9. The van der Waals surface area contributed by atoms with Crippen LogP contribution in [0.5, 0.6) is 0 Å². The topological polar surface area (TPSA) is 3.88 Å². The zero-order chi connectivity index (χ0) is 20.8. The fraction of sp³-hybridized carbons (Fsp3) is 0.393. The average molecular weight is 385 g/mol. The number of aromatic nitrogens is 1. The molecule has 1 aliphatic rings. The van der Waals surface area contributed by atoms with E-state index in [-0.39, 0.29) is 5.41 Å². The molecule has 0 bridgehead atoms. The van der Waals surface area contributed by atoms with Crippen LogP contribution in [-0.2, 0) is 11.8 Å². The van der Waals surface area contributed by atoms with E-state index >= 15 is 0 Å². The van der Waals surface area contributed by atoms with Gasteiger partial charge in [0.1, 0.15) is 0 Å². The van der Waals surface area contributed by atoms with E-state index in [1.54, 1.807) is 0 Å². The highest BCUT2D eigenvalue weighted by Crippen LogP contribution is 2.49. The van der Waals surface area contributed by atoms with Gasteiger partial charge in [-0.25, -0.2) is 0 Å². The van der Waals surface area contributed by atoms with Gasteiger partial charge in [0.25, 0.3) is 0 Å². The molecule has 4 rings (SSSR count). The van der Waals surface area contributed by atoms with Crippen LogP contribution in [0.3, 0.4) is 0 Å². The van der Waals surface area contributed by atoms with Gasteiger partial charge >= 0.3 is 0 Å². The van der Waals surface area contributed by atoms with E-state index in [0.29, 0.717) is 0 Å². The molecule has 29 heavy (non-hydrogen) atoms. The van der Waals surface area contributed by atoms with Crippen LogP contribution in [0.2, 0.25) is 0 Å². The smallest absolute Gasteiger partial charge is 0.163 e. The van der Waals surface area contributed by atoms with Gasteiger partial charge in [-0.15, -0.1) is 0 Å². The summed E-state index contributed by atoms with van der Waals surface area (Å²) >= 11 is 0. The normalized spacial score (nSPS) is 14.7. The van der Waals surface area contributed by atoms with Gasteiger partial charge < -0.3 is 0 Å². The molecule has 0 saturated heterocycles. The maximum Gasteiger partial charge on any atom is 0.219 e. The lowest BCUT2D eigenvalue weighted by molar-refractivity contribution is -0.577. The molecule has 2 aromatic carbocycles. The Balaban J connectivity index is 2.12. The molecule has 0 amide bonds. The Labute approximate surface area is 176 Å². The van der Waals surface area contributed by atoms with Crippen molar-refractivity contribution in [1.82, 2.24) is 0 Å². The number of pyridine rings is 1. The Morgan fingerprint density at radius 1 is 0.931 bits per heavy atom. The largest absolute Gasteiger partial charge is 0.219 e. The summed E-state index contributed by atoms with van der Waals surface area (Å²) in [7, 11) is 0. The third kappa shape index (κ3) is 2.86. The van der Waals surface area contributed by atoms with Gasteiger partial charge in [-0.05, 0) is 73.6 Å². The Bertz CT molecular complexity index is 1100. The van der Waals surface area contributed by atoms with Crippen LogP contribution in [0.25, 0.3) is 27.7 Å². The first-order valence-electron chi connectivity index (χ1n) is 11.3. The fourth-order valence-corrected chi connectivity index (χ4v) is 5.28. The number of hydrogen-bond donors (Lipinski definition) is 0. The van der Waals surface area contributed by atoms with Gasteiger partial charge in [-0.1, -0.05) is 57.5 Å². The molecule has 0 fully saturated rings. The number of aryl methyl sites for hydroxylation is 3. The minimum absolute atomic E-state index is 0.0116. The first-order valence-corrected chi connectivity index (χ1v) is 11.3. The highest BCUT2D eigenvalue weighted by molar-refractivity contribution is 6.00. The molecule has 0 atom stereocenters. The summed E-state index contributed by atoms with van der Waals surface area (Å²) < 4.78 is 2.38. The molecule has 0 N–H and O–H groups in total. The third-order valence-corrected chi connectivity index (χ3v) is 7.33. The Morgan fingerprint density at radius 2 is 1.69 bits per heavy atom. The van der Waals surface area contributed by atoms with Crippen molar-refractivity contribution in [3.63, 3.8) is 0 Å². The number of hydrogen-bond acceptors (Lipinski definition) is 0. The Morgan fingerprint density at radius 3 is 2.38 bits per heavy atom. The minimum Gasteiger partial charge on any atom is -0.163 e. The summed E-state index contributed by atoms with van der Waals surface area (Å²) in [5.74, 6) is 0. The third-order valence-electron chi connectivity index (χ3n) is 7.33. The first-order chi connectivity index (χ1) is 14.0. The molecule has 150 valence electrons. The van der Waals surface area contributed by atoms with Crippen LogP contribution in [0.4, 0.5) is 0 Å². The van der Waals surface area contributed by atoms with Gasteiger partial charge in [0, 0.05) is 11.6 Å². The molecular weight excluding hydrogens is 350 g/mol. The SMILES string of the molecule is C=C1[n+]2cc(C)c(C)cc2-c2c(ccc3c(CCCC)cccc23)C1(CC)CC. The lowest BCUT2D eigenvalue weighted by atomic mass is 9.68. The number of nitrogens with zero attached hydrogens (tertiary/aromatic N) is 1. The van der Waals surface area contributed by atoms with Crippen molar-refractivity contribution in [3.05, 3.63) is 71.4 Å².